The van der Waals surface area contributed by atoms with E-state index in [0.717, 1.165) is 16.6 Å². The van der Waals surface area contributed by atoms with Crippen molar-refractivity contribution in [3.8, 4) is 28.5 Å². The average Bonchev–Trinajstić information content (AvgIpc) is 3.23. The second kappa shape index (κ2) is 6.72. The van der Waals surface area contributed by atoms with Crippen molar-refractivity contribution < 1.29 is 5.11 Å². The first kappa shape index (κ1) is 16.9. The summed E-state index contributed by atoms with van der Waals surface area (Å²) in [6.07, 6.45) is 4.95. The maximum atomic E-state index is 12.6. The molecule has 3 heterocycles. The first-order valence-electron chi connectivity index (χ1n) is 8.99. The van der Waals surface area contributed by atoms with Crippen LogP contribution in [0.4, 0.5) is 0 Å². The molecule has 5 rings (SSSR count). The Morgan fingerprint density at radius 3 is 2.69 bits per heavy atom. The van der Waals surface area contributed by atoms with Crippen LogP contribution in [-0.4, -0.2) is 29.7 Å². The zero-order valence-corrected chi connectivity index (χ0v) is 15.2. The van der Waals surface area contributed by atoms with Gasteiger partial charge in [-0.15, -0.1) is 0 Å². The van der Waals surface area contributed by atoms with Crippen LogP contribution in [0, 0.1) is 0 Å². The molecule has 0 radical (unpaired) electrons. The Labute approximate surface area is 165 Å². The summed E-state index contributed by atoms with van der Waals surface area (Å²) in [5.41, 5.74) is 2.90. The van der Waals surface area contributed by atoms with Crippen LogP contribution in [-0.2, 0) is 0 Å². The van der Waals surface area contributed by atoms with Gasteiger partial charge in [-0.25, -0.2) is 9.36 Å². The van der Waals surface area contributed by atoms with E-state index in [2.05, 4.69) is 15.2 Å². The van der Waals surface area contributed by atoms with Crippen molar-refractivity contribution in [1.82, 2.24) is 24.5 Å². The first-order valence-corrected chi connectivity index (χ1v) is 8.99. The molecule has 0 fully saturated rings. The molecule has 0 unspecified atom stereocenters. The van der Waals surface area contributed by atoms with Crippen LogP contribution in [0.3, 0.4) is 0 Å². The van der Waals surface area contributed by atoms with Crippen molar-refractivity contribution in [2.75, 3.05) is 0 Å². The fraction of sp³-hybridized carbons (Fsp3) is 0. The predicted molar refractivity (Wildman–Crippen MR) is 109 cm³/mol. The number of hydrogen-bond donors (Lipinski definition) is 1. The minimum absolute atomic E-state index is 0.123. The van der Waals surface area contributed by atoms with E-state index >= 15 is 0 Å². The molecule has 0 atom stereocenters. The molecular weight excluding hydrogens is 366 g/mol. The van der Waals surface area contributed by atoms with E-state index in [0.29, 0.717) is 11.4 Å². The molecule has 0 spiro atoms. The molecule has 5 aromatic rings. The highest BCUT2D eigenvalue weighted by Crippen LogP contribution is 2.25. The lowest BCUT2D eigenvalue weighted by molar-refractivity contribution is 0.475. The van der Waals surface area contributed by atoms with Gasteiger partial charge in [-0.05, 0) is 42.5 Å². The van der Waals surface area contributed by atoms with Crippen molar-refractivity contribution in [2.45, 2.75) is 0 Å². The Hall–Kier alpha value is -4.26. The van der Waals surface area contributed by atoms with Crippen LogP contribution in [0.5, 0.6) is 5.75 Å². The molecular formula is C22H15N5O2. The van der Waals surface area contributed by atoms with Gasteiger partial charge in [-0.2, -0.15) is 10.2 Å². The fourth-order valence-electron chi connectivity index (χ4n) is 3.31. The van der Waals surface area contributed by atoms with Gasteiger partial charge < -0.3 is 5.11 Å². The summed E-state index contributed by atoms with van der Waals surface area (Å²) in [5, 5.41) is 19.6. The highest BCUT2D eigenvalue weighted by molar-refractivity contribution is 5.87. The molecule has 0 amide bonds. The number of aromatic hydroxyl groups is 1. The third kappa shape index (κ3) is 2.94. The summed E-state index contributed by atoms with van der Waals surface area (Å²) in [6, 6.07) is 19.5. The Balaban J connectivity index is 1.70. The van der Waals surface area contributed by atoms with Crippen molar-refractivity contribution >= 4 is 10.9 Å². The van der Waals surface area contributed by atoms with Gasteiger partial charge in [0.15, 0.2) is 5.69 Å². The summed E-state index contributed by atoms with van der Waals surface area (Å²) in [7, 11) is 0. The van der Waals surface area contributed by atoms with Gasteiger partial charge in [0.05, 0.1) is 28.8 Å². The number of pyridine rings is 1. The second-order valence-corrected chi connectivity index (χ2v) is 6.47. The largest absolute Gasteiger partial charge is 0.508 e. The van der Waals surface area contributed by atoms with Gasteiger partial charge in [0.2, 0.25) is 5.43 Å². The number of hydrogen-bond acceptors (Lipinski definition) is 5. The van der Waals surface area contributed by atoms with E-state index in [1.54, 1.807) is 58.3 Å². The standard InChI is InChI=1S/C22H15N5O2/c28-16-5-1-4-15(14-16)26-13-10-21(29)22(25-26)20-9-12-24-27(20)19-8-2-7-18-17(19)6-3-11-23-18/h1-14,28H. The number of phenols is 1. The van der Waals surface area contributed by atoms with Gasteiger partial charge in [0, 0.05) is 29.9 Å². The molecule has 29 heavy (non-hydrogen) atoms. The predicted octanol–water partition coefficient (Wildman–Crippen LogP) is 3.34. The molecule has 0 aliphatic carbocycles. The normalized spacial score (nSPS) is 11.0. The second-order valence-electron chi connectivity index (χ2n) is 6.47. The molecule has 3 aromatic heterocycles. The Morgan fingerprint density at radius 1 is 0.897 bits per heavy atom. The number of fused-ring (bicyclic) bond motifs is 1. The van der Waals surface area contributed by atoms with Crippen molar-refractivity contribution in [3.63, 3.8) is 0 Å². The molecule has 1 N–H and O–H groups in total. The quantitative estimate of drug-likeness (QED) is 0.518. The summed E-state index contributed by atoms with van der Waals surface area (Å²) >= 11 is 0. The molecule has 0 saturated heterocycles. The number of aromatic nitrogens is 5. The topological polar surface area (TPSA) is 85.8 Å². The van der Waals surface area contributed by atoms with E-state index in [4.69, 9.17) is 0 Å². The smallest absolute Gasteiger partial charge is 0.209 e. The minimum atomic E-state index is -0.221. The van der Waals surface area contributed by atoms with E-state index < -0.39 is 0 Å². The van der Waals surface area contributed by atoms with Crippen LogP contribution in [0.1, 0.15) is 0 Å². The third-order valence-corrected chi connectivity index (χ3v) is 4.64. The lowest BCUT2D eigenvalue weighted by atomic mass is 10.1. The summed E-state index contributed by atoms with van der Waals surface area (Å²) < 4.78 is 3.25. The lowest BCUT2D eigenvalue weighted by Gasteiger charge is -2.11. The molecule has 0 aliphatic rings. The average molecular weight is 381 g/mol. The number of benzene rings is 2. The highest BCUT2D eigenvalue weighted by Gasteiger charge is 2.15. The van der Waals surface area contributed by atoms with Gasteiger partial charge in [0.25, 0.3) is 0 Å². The summed E-state index contributed by atoms with van der Waals surface area (Å²) in [6.45, 7) is 0. The van der Waals surface area contributed by atoms with E-state index in [1.165, 1.54) is 6.07 Å². The molecule has 0 aliphatic heterocycles. The maximum absolute atomic E-state index is 12.6. The molecule has 7 nitrogen and oxygen atoms in total. The molecule has 2 aromatic carbocycles. The SMILES string of the molecule is O=c1ccn(-c2cccc(O)c2)nc1-c1ccnn1-c1cccc2ncccc12. The van der Waals surface area contributed by atoms with Crippen LogP contribution in [0.25, 0.3) is 33.7 Å². The van der Waals surface area contributed by atoms with E-state index in [9.17, 15) is 9.90 Å². The highest BCUT2D eigenvalue weighted by atomic mass is 16.3. The van der Waals surface area contributed by atoms with Crippen LogP contribution >= 0.6 is 0 Å². The zero-order chi connectivity index (χ0) is 19.8. The fourth-order valence-corrected chi connectivity index (χ4v) is 3.31. The molecule has 0 saturated carbocycles. The van der Waals surface area contributed by atoms with Crippen molar-refractivity contribution in [3.05, 3.63) is 95.5 Å². The van der Waals surface area contributed by atoms with Crippen LogP contribution < -0.4 is 5.43 Å². The Bertz CT molecular complexity index is 1400. The molecule has 140 valence electrons. The van der Waals surface area contributed by atoms with Gasteiger partial charge >= 0.3 is 0 Å². The lowest BCUT2D eigenvalue weighted by Crippen LogP contribution is -2.14. The zero-order valence-electron chi connectivity index (χ0n) is 15.2. The molecule has 0 bridgehead atoms. The van der Waals surface area contributed by atoms with Crippen LogP contribution in [0.15, 0.2) is 90.1 Å². The van der Waals surface area contributed by atoms with E-state index in [1.807, 2.05) is 30.3 Å². The molecule has 7 heteroatoms. The van der Waals surface area contributed by atoms with Gasteiger partial charge in [-0.3, -0.25) is 9.78 Å². The van der Waals surface area contributed by atoms with Crippen molar-refractivity contribution in [2.24, 2.45) is 0 Å². The van der Waals surface area contributed by atoms with Crippen LogP contribution in [0.2, 0.25) is 0 Å². The summed E-state index contributed by atoms with van der Waals surface area (Å²) in [4.78, 5) is 17.0. The number of phenolic OH excluding ortho intramolecular Hbond substituents is 1. The number of nitrogens with zero attached hydrogens (tertiary/aromatic N) is 5. The monoisotopic (exact) mass is 381 g/mol. The maximum Gasteiger partial charge on any atom is 0.209 e. The van der Waals surface area contributed by atoms with Gasteiger partial charge in [0.1, 0.15) is 5.75 Å². The minimum Gasteiger partial charge on any atom is -0.508 e. The third-order valence-electron chi connectivity index (χ3n) is 4.64. The first-order chi connectivity index (χ1) is 14.2. The van der Waals surface area contributed by atoms with E-state index in [-0.39, 0.29) is 16.9 Å². The van der Waals surface area contributed by atoms with Gasteiger partial charge in [-0.1, -0.05) is 12.1 Å². The number of rotatable bonds is 3. The Kier molecular flexibility index (Phi) is 3.91. The van der Waals surface area contributed by atoms with Crippen molar-refractivity contribution in [1.29, 1.82) is 0 Å². The Morgan fingerprint density at radius 2 is 1.79 bits per heavy atom. The summed E-state index contributed by atoms with van der Waals surface area (Å²) in [5.74, 6) is 0.123.